The Bertz CT molecular complexity index is 372. The fourth-order valence-corrected chi connectivity index (χ4v) is 3.29. The van der Waals surface area contributed by atoms with E-state index >= 15 is 0 Å². The minimum absolute atomic E-state index is 0.228. The van der Waals surface area contributed by atoms with Crippen molar-refractivity contribution in [2.75, 3.05) is 26.2 Å². The lowest BCUT2D eigenvalue weighted by molar-refractivity contribution is -0.0294. The first kappa shape index (κ1) is 16.6. The van der Waals surface area contributed by atoms with Crippen molar-refractivity contribution < 1.29 is 14.6 Å². The van der Waals surface area contributed by atoms with Crippen molar-refractivity contribution in [3.05, 3.63) is 0 Å². The minimum Gasteiger partial charge on any atom is -0.444 e. The van der Waals surface area contributed by atoms with Crippen LogP contribution in [-0.4, -0.2) is 64.4 Å². The number of carbonyl (C=O) groups excluding carboxylic acids is 1. The zero-order chi connectivity index (χ0) is 15.7. The molecule has 2 rings (SSSR count). The summed E-state index contributed by atoms with van der Waals surface area (Å²) in [5.74, 6) is 0. The van der Waals surface area contributed by atoms with E-state index in [2.05, 4.69) is 11.8 Å². The molecule has 0 aromatic heterocycles. The maximum atomic E-state index is 12.1. The van der Waals surface area contributed by atoms with Crippen molar-refractivity contribution in [3.63, 3.8) is 0 Å². The van der Waals surface area contributed by atoms with E-state index in [4.69, 9.17) is 4.74 Å². The van der Waals surface area contributed by atoms with Gasteiger partial charge in [0.1, 0.15) is 5.60 Å². The van der Waals surface area contributed by atoms with E-state index in [1.165, 1.54) is 0 Å². The molecule has 0 spiro atoms. The number of β-amino-alcohol motifs (C(OH)–C–C–N with tert-alkyl or cyclic N) is 1. The van der Waals surface area contributed by atoms with E-state index in [-0.39, 0.29) is 12.1 Å². The first-order chi connectivity index (χ1) is 9.69. The van der Waals surface area contributed by atoms with Gasteiger partial charge in [-0.05, 0) is 40.5 Å². The molecule has 2 aliphatic rings. The van der Waals surface area contributed by atoms with Gasteiger partial charge in [0.25, 0.3) is 0 Å². The molecule has 1 saturated carbocycles. The van der Waals surface area contributed by atoms with E-state index in [9.17, 15) is 9.90 Å². The lowest BCUT2D eigenvalue weighted by Crippen LogP contribution is -2.57. The van der Waals surface area contributed by atoms with Gasteiger partial charge in [-0.2, -0.15) is 0 Å². The average Bonchev–Trinajstić information content (AvgIpc) is 2.76. The molecule has 5 heteroatoms. The van der Waals surface area contributed by atoms with Gasteiger partial charge in [-0.3, -0.25) is 4.90 Å². The number of hydrogen-bond acceptors (Lipinski definition) is 4. The van der Waals surface area contributed by atoms with Crippen molar-refractivity contribution in [2.24, 2.45) is 0 Å². The summed E-state index contributed by atoms with van der Waals surface area (Å²) in [5, 5.41) is 10.5. The molecule has 122 valence electrons. The highest BCUT2D eigenvalue weighted by molar-refractivity contribution is 5.68. The summed E-state index contributed by atoms with van der Waals surface area (Å²) in [7, 11) is 0. The highest BCUT2D eigenvalue weighted by Crippen LogP contribution is 2.31. The zero-order valence-electron chi connectivity index (χ0n) is 13.9. The van der Waals surface area contributed by atoms with E-state index in [1.54, 1.807) is 4.90 Å². The molecule has 5 nitrogen and oxygen atoms in total. The van der Waals surface area contributed by atoms with Crippen molar-refractivity contribution in [2.45, 2.75) is 70.6 Å². The van der Waals surface area contributed by atoms with Crippen LogP contribution >= 0.6 is 0 Å². The molecular formula is C16H30N2O3. The standard InChI is InChI=1S/C16H30N2O3/c1-13-11-17(14(19)21-15(2,3)4)9-10-18(13)12-16(20)7-5-6-8-16/h13,20H,5-12H2,1-4H3. The van der Waals surface area contributed by atoms with Crippen LogP contribution in [0.1, 0.15) is 53.4 Å². The Morgan fingerprint density at radius 3 is 2.43 bits per heavy atom. The monoisotopic (exact) mass is 298 g/mol. The van der Waals surface area contributed by atoms with Crippen LogP contribution in [0.4, 0.5) is 4.79 Å². The van der Waals surface area contributed by atoms with E-state index in [1.807, 2.05) is 20.8 Å². The first-order valence-electron chi connectivity index (χ1n) is 8.13. The van der Waals surface area contributed by atoms with E-state index in [0.717, 1.165) is 38.8 Å². The molecule has 0 radical (unpaired) electrons. The van der Waals surface area contributed by atoms with Crippen molar-refractivity contribution >= 4 is 6.09 Å². The zero-order valence-corrected chi connectivity index (χ0v) is 13.9. The molecule has 1 heterocycles. The summed E-state index contributed by atoms with van der Waals surface area (Å²) in [6.45, 7) is 10.7. The van der Waals surface area contributed by atoms with Crippen molar-refractivity contribution in [3.8, 4) is 0 Å². The Hall–Kier alpha value is -0.810. The third-order valence-corrected chi connectivity index (χ3v) is 4.45. The Labute approximate surface area is 128 Å². The Morgan fingerprint density at radius 1 is 1.29 bits per heavy atom. The predicted octanol–water partition coefficient (Wildman–Crippen LogP) is 2.23. The molecule has 21 heavy (non-hydrogen) atoms. The van der Waals surface area contributed by atoms with Crippen LogP contribution in [0.2, 0.25) is 0 Å². The fourth-order valence-electron chi connectivity index (χ4n) is 3.29. The molecule has 1 saturated heterocycles. The smallest absolute Gasteiger partial charge is 0.410 e. The van der Waals surface area contributed by atoms with E-state index < -0.39 is 11.2 Å². The number of piperazine rings is 1. The summed E-state index contributed by atoms with van der Waals surface area (Å²) >= 11 is 0. The molecule has 1 amide bonds. The maximum Gasteiger partial charge on any atom is 0.410 e. The Morgan fingerprint density at radius 2 is 1.90 bits per heavy atom. The van der Waals surface area contributed by atoms with Crippen LogP contribution in [0.15, 0.2) is 0 Å². The van der Waals surface area contributed by atoms with Crippen molar-refractivity contribution in [1.29, 1.82) is 0 Å². The summed E-state index contributed by atoms with van der Waals surface area (Å²) in [5.41, 5.74) is -0.960. The molecule has 1 aliphatic carbocycles. The van der Waals surface area contributed by atoms with Crippen LogP contribution in [-0.2, 0) is 4.74 Å². The van der Waals surface area contributed by atoms with Gasteiger partial charge in [-0.15, -0.1) is 0 Å². The maximum absolute atomic E-state index is 12.1. The quantitative estimate of drug-likeness (QED) is 0.849. The second-order valence-electron chi connectivity index (χ2n) is 7.68. The normalized spacial score (nSPS) is 26.9. The first-order valence-corrected chi connectivity index (χ1v) is 8.13. The number of hydrogen-bond donors (Lipinski definition) is 1. The SMILES string of the molecule is CC1CN(C(=O)OC(C)(C)C)CCN1CC1(O)CCCC1. The van der Waals surface area contributed by atoms with Gasteiger partial charge >= 0.3 is 6.09 Å². The second kappa shape index (κ2) is 6.13. The Kier molecular flexibility index (Phi) is 4.83. The van der Waals surface area contributed by atoms with Gasteiger partial charge in [0.05, 0.1) is 5.60 Å². The summed E-state index contributed by atoms with van der Waals surface area (Å²) < 4.78 is 5.43. The number of aliphatic hydroxyl groups is 1. The summed E-state index contributed by atoms with van der Waals surface area (Å²) in [6, 6.07) is 0.260. The molecule has 1 aliphatic heterocycles. The Balaban J connectivity index is 1.85. The van der Waals surface area contributed by atoms with Gasteiger partial charge in [0, 0.05) is 32.2 Å². The lowest BCUT2D eigenvalue weighted by Gasteiger charge is -2.42. The molecule has 0 aromatic carbocycles. The summed E-state index contributed by atoms with van der Waals surface area (Å²) in [4.78, 5) is 16.2. The van der Waals surface area contributed by atoms with Gasteiger partial charge in [0.15, 0.2) is 0 Å². The number of rotatable bonds is 2. The number of ether oxygens (including phenoxy) is 1. The third-order valence-electron chi connectivity index (χ3n) is 4.45. The van der Waals surface area contributed by atoms with Crippen LogP contribution in [0.25, 0.3) is 0 Å². The number of amides is 1. The third kappa shape index (κ3) is 4.58. The van der Waals surface area contributed by atoms with Gasteiger partial charge in [-0.25, -0.2) is 4.79 Å². The molecule has 1 atom stereocenters. The summed E-state index contributed by atoms with van der Waals surface area (Å²) in [6.07, 6.45) is 3.84. The highest BCUT2D eigenvalue weighted by atomic mass is 16.6. The van der Waals surface area contributed by atoms with Crippen molar-refractivity contribution in [1.82, 2.24) is 9.80 Å². The molecule has 1 unspecified atom stereocenters. The van der Waals surface area contributed by atoms with Crippen LogP contribution in [0.3, 0.4) is 0 Å². The topological polar surface area (TPSA) is 53.0 Å². The molecule has 0 aromatic rings. The van der Waals surface area contributed by atoms with Crippen LogP contribution < -0.4 is 0 Å². The van der Waals surface area contributed by atoms with Gasteiger partial charge in [-0.1, -0.05) is 12.8 Å². The van der Waals surface area contributed by atoms with Gasteiger partial charge in [0.2, 0.25) is 0 Å². The number of nitrogens with zero attached hydrogens (tertiary/aromatic N) is 2. The minimum atomic E-state index is -0.512. The fraction of sp³-hybridized carbons (Fsp3) is 0.938. The van der Waals surface area contributed by atoms with Gasteiger partial charge < -0.3 is 14.7 Å². The highest BCUT2D eigenvalue weighted by Gasteiger charge is 2.37. The molecular weight excluding hydrogens is 268 g/mol. The largest absolute Gasteiger partial charge is 0.444 e. The lowest BCUT2D eigenvalue weighted by atomic mass is 10.00. The number of carbonyl (C=O) groups is 1. The second-order valence-corrected chi connectivity index (χ2v) is 7.68. The van der Waals surface area contributed by atoms with Crippen LogP contribution in [0, 0.1) is 0 Å². The molecule has 0 bridgehead atoms. The molecule has 2 fully saturated rings. The predicted molar refractivity (Wildman–Crippen MR) is 82.3 cm³/mol. The average molecular weight is 298 g/mol. The molecule has 1 N–H and O–H groups in total. The van der Waals surface area contributed by atoms with Crippen LogP contribution in [0.5, 0.6) is 0 Å². The van der Waals surface area contributed by atoms with E-state index in [0.29, 0.717) is 13.1 Å².